The Kier molecular flexibility index (Phi) is 7.97. The maximum absolute atomic E-state index is 13.7. The molecule has 2 amide bonds. The SMILES string of the molecule is COCCOC(=O)c1c(NC(=O)CSc2ccccc2F)sc(C(N)=O)c1C. The van der Waals surface area contributed by atoms with Crippen LogP contribution in [0, 0.1) is 12.7 Å². The maximum Gasteiger partial charge on any atom is 0.341 e. The van der Waals surface area contributed by atoms with Gasteiger partial charge in [-0.15, -0.1) is 23.1 Å². The average Bonchev–Trinajstić information content (AvgIpc) is 2.97. The van der Waals surface area contributed by atoms with Crippen molar-refractivity contribution in [3.8, 4) is 0 Å². The Balaban J connectivity index is 2.15. The lowest BCUT2D eigenvalue weighted by molar-refractivity contribution is -0.113. The molecule has 0 atom stereocenters. The zero-order valence-electron chi connectivity index (χ0n) is 15.2. The van der Waals surface area contributed by atoms with E-state index in [1.54, 1.807) is 25.1 Å². The number of ether oxygens (including phenoxy) is 2. The Bertz CT molecular complexity index is 885. The molecule has 0 aliphatic rings. The summed E-state index contributed by atoms with van der Waals surface area (Å²) in [5, 5.41) is 2.74. The highest BCUT2D eigenvalue weighted by Crippen LogP contribution is 2.34. The van der Waals surface area contributed by atoms with Gasteiger partial charge in [0.15, 0.2) is 0 Å². The van der Waals surface area contributed by atoms with Crippen molar-refractivity contribution >= 4 is 45.9 Å². The van der Waals surface area contributed by atoms with Crippen molar-refractivity contribution < 1.29 is 28.2 Å². The molecule has 0 aliphatic carbocycles. The second-order valence-corrected chi connectivity index (χ2v) is 7.56. The van der Waals surface area contributed by atoms with Crippen LogP contribution in [0.4, 0.5) is 9.39 Å². The fraction of sp³-hybridized carbons (Fsp3) is 0.278. The van der Waals surface area contributed by atoms with E-state index in [2.05, 4.69) is 5.32 Å². The predicted octanol–water partition coefficient (Wildman–Crippen LogP) is 2.83. The van der Waals surface area contributed by atoms with Crippen LogP contribution in [0.1, 0.15) is 25.6 Å². The number of benzene rings is 1. The monoisotopic (exact) mass is 426 g/mol. The number of methoxy groups -OCH3 is 1. The van der Waals surface area contributed by atoms with E-state index in [1.807, 2.05) is 0 Å². The summed E-state index contributed by atoms with van der Waals surface area (Å²) >= 11 is 1.91. The molecule has 0 radical (unpaired) electrons. The number of thioether (sulfide) groups is 1. The highest BCUT2D eigenvalue weighted by molar-refractivity contribution is 8.00. The minimum absolute atomic E-state index is 0.0209. The molecule has 3 N–H and O–H groups in total. The summed E-state index contributed by atoms with van der Waals surface area (Å²) in [6.07, 6.45) is 0. The highest BCUT2D eigenvalue weighted by Gasteiger charge is 2.25. The standard InChI is InChI=1S/C18H19FN2O5S2/c1-10-14(18(24)26-8-7-25-2)17(28-15(10)16(20)23)21-13(22)9-27-12-6-4-3-5-11(12)19/h3-6H,7-9H2,1-2H3,(H2,20,23)(H,21,22). The molecule has 0 bridgehead atoms. The van der Waals surface area contributed by atoms with E-state index >= 15 is 0 Å². The number of hydrogen-bond donors (Lipinski definition) is 2. The summed E-state index contributed by atoms with van der Waals surface area (Å²) in [7, 11) is 1.47. The van der Waals surface area contributed by atoms with Crippen molar-refractivity contribution in [1.29, 1.82) is 0 Å². The summed E-state index contributed by atoms with van der Waals surface area (Å²) in [5.41, 5.74) is 5.74. The molecule has 0 saturated carbocycles. The van der Waals surface area contributed by atoms with E-state index in [0.29, 0.717) is 10.5 Å². The number of hydrogen-bond acceptors (Lipinski definition) is 7. The van der Waals surface area contributed by atoms with Crippen LogP contribution in [-0.2, 0) is 14.3 Å². The Hall–Kier alpha value is -2.43. The van der Waals surface area contributed by atoms with Gasteiger partial charge in [0.1, 0.15) is 17.4 Å². The Morgan fingerprint density at radius 3 is 2.61 bits per heavy atom. The fourth-order valence-corrected chi connectivity index (χ4v) is 4.04. The summed E-state index contributed by atoms with van der Waals surface area (Å²) in [6, 6.07) is 6.09. The first-order valence-electron chi connectivity index (χ1n) is 8.11. The van der Waals surface area contributed by atoms with Gasteiger partial charge in [-0.05, 0) is 24.6 Å². The molecule has 150 valence electrons. The molecule has 0 saturated heterocycles. The van der Waals surface area contributed by atoms with Crippen LogP contribution in [0.15, 0.2) is 29.2 Å². The van der Waals surface area contributed by atoms with Crippen molar-refractivity contribution in [3.63, 3.8) is 0 Å². The van der Waals surface area contributed by atoms with Crippen molar-refractivity contribution in [2.45, 2.75) is 11.8 Å². The van der Waals surface area contributed by atoms with Crippen molar-refractivity contribution in [2.75, 3.05) is 31.4 Å². The summed E-state index contributed by atoms with van der Waals surface area (Å²) in [5.74, 6) is -2.38. The van der Waals surface area contributed by atoms with Crippen LogP contribution >= 0.6 is 23.1 Å². The number of primary amides is 1. The smallest absolute Gasteiger partial charge is 0.341 e. The van der Waals surface area contributed by atoms with E-state index in [9.17, 15) is 18.8 Å². The molecule has 2 aromatic rings. The number of halogens is 1. The molecule has 0 spiro atoms. The van der Waals surface area contributed by atoms with Gasteiger partial charge in [0, 0.05) is 12.0 Å². The largest absolute Gasteiger partial charge is 0.460 e. The molecular weight excluding hydrogens is 407 g/mol. The van der Waals surface area contributed by atoms with Crippen LogP contribution in [0.2, 0.25) is 0 Å². The van der Waals surface area contributed by atoms with Gasteiger partial charge in [-0.1, -0.05) is 12.1 Å². The van der Waals surface area contributed by atoms with Crippen LogP contribution in [0.3, 0.4) is 0 Å². The molecule has 7 nitrogen and oxygen atoms in total. The molecule has 0 unspecified atom stereocenters. The van der Waals surface area contributed by atoms with Crippen molar-refractivity contribution in [3.05, 3.63) is 46.1 Å². The van der Waals surface area contributed by atoms with Gasteiger partial charge in [0.25, 0.3) is 5.91 Å². The third kappa shape index (κ3) is 5.54. The normalized spacial score (nSPS) is 10.5. The summed E-state index contributed by atoms with van der Waals surface area (Å²) in [4.78, 5) is 36.7. The Morgan fingerprint density at radius 2 is 1.96 bits per heavy atom. The lowest BCUT2D eigenvalue weighted by Crippen LogP contribution is -2.17. The number of nitrogens with one attached hydrogen (secondary N) is 1. The average molecular weight is 426 g/mol. The second kappa shape index (κ2) is 10.2. The quantitative estimate of drug-likeness (QED) is 0.363. The second-order valence-electron chi connectivity index (χ2n) is 5.52. The Morgan fingerprint density at radius 1 is 1.25 bits per heavy atom. The number of carbonyl (C=O) groups is 3. The van der Waals surface area contributed by atoms with Crippen LogP contribution in [0.25, 0.3) is 0 Å². The summed E-state index contributed by atoms with van der Waals surface area (Å²) in [6.45, 7) is 1.78. The van der Waals surface area contributed by atoms with E-state index in [1.165, 1.54) is 13.2 Å². The highest BCUT2D eigenvalue weighted by atomic mass is 32.2. The molecule has 0 aliphatic heterocycles. The van der Waals surface area contributed by atoms with Crippen molar-refractivity contribution in [1.82, 2.24) is 0 Å². The van der Waals surface area contributed by atoms with Crippen LogP contribution in [-0.4, -0.2) is 43.9 Å². The van der Waals surface area contributed by atoms with Gasteiger partial charge in [-0.3, -0.25) is 9.59 Å². The number of rotatable bonds is 9. The molecule has 1 heterocycles. The molecule has 28 heavy (non-hydrogen) atoms. The number of anilines is 1. The number of carbonyl (C=O) groups excluding carboxylic acids is 3. The van der Waals surface area contributed by atoms with Gasteiger partial charge in [-0.25, -0.2) is 9.18 Å². The molecule has 10 heteroatoms. The number of thiophene rings is 1. The van der Waals surface area contributed by atoms with Crippen LogP contribution in [0.5, 0.6) is 0 Å². The van der Waals surface area contributed by atoms with E-state index in [4.69, 9.17) is 15.2 Å². The number of esters is 1. The maximum atomic E-state index is 13.7. The van der Waals surface area contributed by atoms with E-state index in [0.717, 1.165) is 23.1 Å². The minimum atomic E-state index is -0.713. The van der Waals surface area contributed by atoms with Crippen molar-refractivity contribution in [2.24, 2.45) is 5.73 Å². The first-order chi connectivity index (χ1) is 13.3. The number of amides is 2. The third-order valence-corrected chi connectivity index (χ3v) is 5.81. The number of nitrogens with two attached hydrogens (primary N) is 1. The van der Waals surface area contributed by atoms with E-state index < -0.39 is 23.6 Å². The van der Waals surface area contributed by atoms with Gasteiger partial charge in [0.2, 0.25) is 5.91 Å². The minimum Gasteiger partial charge on any atom is -0.460 e. The topological polar surface area (TPSA) is 108 Å². The summed E-state index contributed by atoms with van der Waals surface area (Å²) < 4.78 is 23.6. The van der Waals surface area contributed by atoms with Gasteiger partial charge in [0.05, 0.1) is 22.8 Å². The van der Waals surface area contributed by atoms with Crippen LogP contribution < -0.4 is 11.1 Å². The third-order valence-electron chi connectivity index (χ3n) is 3.54. The fourth-order valence-electron chi connectivity index (χ4n) is 2.24. The predicted molar refractivity (Wildman–Crippen MR) is 105 cm³/mol. The lowest BCUT2D eigenvalue weighted by Gasteiger charge is -2.08. The zero-order valence-corrected chi connectivity index (χ0v) is 16.9. The Labute approximate surface area is 169 Å². The molecule has 0 fully saturated rings. The van der Waals surface area contributed by atoms with E-state index in [-0.39, 0.29) is 34.4 Å². The van der Waals surface area contributed by atoms with Gasteiger partial charge < -0.3 is 20.5 Å². The van der Waals surface area contributed by atoms with Gasteiger partial charge >= 0.3 is 5.97 Å². The molecule has 1 aromatic carbocycles. The first-order valence-corrected chi connectivity index (χ1v) is 9.91. The van der Waals surface area contributed by atoms with Gasteiger partial charge in [-0.2, -0.15) is 0 Å². The molecule has 1 aromatic heterocycles. The molecular formula is C18H19FN2O5S2. The first kappa shape index (κ1) is 21.9. The lowest BCUT2D eigenvalue weighted by atomic mass is 10.1. The zero-order chi connectivity index (χ0) is 20.7. The molecule has 2 rings (SSSR count).